The number of hydrogen-bond acceptors (Lipinski definition) is 2. The van der Waals surface area contributed by atoms with Crippen LogP contribution in [0.3, 0.4) is 0 Å². The second-order valence-electron chi connectivity index (χ2n) is 18.6. The van der Waals surface area contributed by atoms with Gasteiger partial charge in [0.1, 0.15) is 0 Å². The van der Waals surface area contributed by atoms with Gasteiger partial charge in [-0.15, -0.1) is 0 Å². The molecule has 2 aromatic heterocycles. The zero-order chi connectivity index (χ0) is 48.5. The van der Waals surface area contributed by atoms with Gasteiger partial charge in [-0.25, -0.2) is 9.97 Å². The maximum atomic E-state index is 5.33. The summed E-state index contributed by atoms with van der Waals surface area (Å²) in [6.07, 6.45) is 0. The molecule has 0 N–H and O–H groups in total. The van der Waals surface area contributed by atoms with Gasteiger partial charge in [0.25, 0.3) is 0 Å². The van der Waals surface area contributed by atoms with Gasteiger partial charge >= 0.3 is 0 Å². The molecule has 342 valence electrons. The highest BCUT2D eigenvalue weighted by molar-refractivity contribution is 6.09. The standard InChI is InChI=1S/C70H47N3/c1-3-16-48(17-4-1)54-20-11-22-56(42-54)51-36-40-53(41-37-51)70-71-66(52-38-34-50(35-39-52)57-23-13-25-59(44-57)58-24-12-21-55(43-58)49-18-5-2-6-19-49)47-67(72-70)62-28-14-26-60(45-62)61-27-15-29-63(46-61)73-68-32-9-7-30-64(68)65-31-8-10-33-69(65)73/h1-47H. The molecule has 3 heteroatoms. The van der Waals surface area contributed by atoms with Crippen LogP contribution in [-0.2, 0) is 0 Å². The van der Waals surface area contributed by atoms with E-state index in [9.17, 15) is 0 Å². The van der Waals surface area contributed by atoms with Crippen molar-refractivity contribution >= 4 is 21.8 Å². The van der Waals surface area contributed by atoms with E-state index >= 15 is 0 Å². The molecular weight excluding hydrogens is 883 g/mol. The van der Waals surface area contributed by atoms with Crippen molar-refractivity contribution in [1.29, 1.82) is 0 Å². The van der Waals surface area contributed by atoms with E-state index in [1.165, 1.54) is 55.2 Å². The van der Waals surface area contributed by atoms with Crippen molar-refractivity contribution in [3.05, 3.63) is 285 Å². The van der Waals surface area contributed by atoms with Gasteiger partial charge in [-0.05, 0) is 121 Å². The van der Waals surface area contributed by atoms with E-state index in [-0.39, 0.29) is 0 Å². The Hall–Kier alpha value is -9.70. The molecule has 0 unspecified atom stereocenters. The molecule has 13 rings (SSSR count). The Labute approximate surface area is 425 Å². The zero-order valence-electron chi connectivity index (χ0n) is 40.0. The highest BCUT2D eigenvalue weighted by Crippen LogP contribution is 2.37. The van der Waals surface area contributed by atoms with Gasteiger partial charge in [0.2, 0.25) is 0 Å². The largest absolute Gasteiger partial charge is 0.309 e. The van der Waals surface area contributed by atoms with Crippen LogP contribution in [-0.4, -0.2) is 14.5 Å². The molecular formula is C70H47N3. The fourth-order valence-electron chi connectivity index (χ4n) is 10.3. The molecule has 0 amide bonds. The van der Waals surface area contributed by atoms with Crippen molar-refractivity contribution in [2.45, 2.75) is 0 Å². The Morgan fingerprint density at radius 3 is 1.00 bits per heavy atom. The van der Waals surface area contributed by atoms with Crippen LogP contribution in [0.25, 0.3) is 128 Å². The summed E-state index contributed by atoms with van der Waals surface area (Å²) in [5.41, 5.74) is 22.2. The number of hydrogen-bond donors (Lipinski definition) is 0. The summed E-state index contributed by atoms with van der Waals surface area (Å²) >= 11 is 0. The highest BCUT2D eigenvalue weighted by atomic mass is 15.0. The number of benzene rings is 11. The lowest BCUT2D eigenvalue weighted by molar-refractivity contribution is 1.18. The minimum atomic E-state index is 0.672. The average molecular weight is 930 g/mol. The van der Waals surface area contributed by atoms with Crippen LogP contribution < -0.4 is 0 Å². The minimum absolute atomic E-state index is 0.672. The number of rotatable bonds is 10. The Bertz CT molecular complexity index is 4060. The first-order valence-electron chi connectivity index (χ1n) is 24.9. The molecule has 0 bridgehead atoms. The van der Waals surface area contributed by atoms with Crippen LogP contribution in [0.5, 0.6) is 0 Å². The van der Waals surface area contributed by atoms with E-state index in [1.807, 2.05) is 0 Å². The zero-order valence-corrected chi connectivity index (χ0v) is 40.0. The van der Waals surface area contributed by atoms with E-state index in [0.717, 1.165) is 67.1 Å². The van der Waals surface area contributed by atoms with Gasteiger partial charge in [-0.3, -0.25) is 0 Å². The molecule has 0 aliphatic rings. The second kappa shape index (κ2) is 18.9. The Kier molecular flexibility index (Phi) is 11.2. The molecule has 3 nitrogen and oxygen atoms in total. The van der Waals surface area contributed by atoms with E-state index < -0.39 is 0 Å². The van der Waals surface area contributed by atoms with Crippen molar-refractivity contribution in [2.24, 2.45) is 0 Å². The van der Waals surface area contributed by atoms with Crippen molar-refractivity contribution in [3.63, 3.8) is 0 Å². The van der Waals surface area contributed by atoms with E-state index in [1.54, 1.807) is 0 Å². The monoisotopic (exact) mass is 929 g/mol. The fourth-order valence-corrected chi connectivity index (χ4v) is 10.3. The van der Waals surface area contributed by atoms with Gasteiger partial charge in [0.05, 0.1) is 22.4 Å². The van der Waals surface area contributed by atoms with Crippen molar-refractivity contribution in [1.82, 2.24) is 14.5 Å². The first-order chi connectivity index (χ1) is 36.1. The lowest BCUT2D eigenvalue weighted by Crippen LogP contribution is -1.96. The quantitative estimate of drug-likeness (QED) is 0.137. The highest BCUT2D eigenvalue weighted by Gasteiger charge is 2.16. The Morgan fingerprint density at radius 1 is 0.205 bits per heavy atom. The summed E-state index contributed by atoms with van der Waals surface area (Å²) in [7, 11) is 0. The van der Waals surface area contributed by atoms with Crippen molar-refractivity contribution < 1.29 is 0 Å². The molecule has 0 spiro atoms. The smallest absolute Gasteiger partial charge is 0.160 e. The predicted molar refractivity (Wildman–Crippen MR) is 305 cm³/mol. The van der Waals surface area contributed by atoms with Crippen LogP contribution in [0.2, 0.25) is 0 Å². The van der Waals surface area contributed by atoms with Crippen LogP contribution >= 0.6 is 0 Å². The third-order valence-corrected chi connectivity index (χ3v) is 14.0. The van der Waals surface area contributed by atoms with Crippen LogP contribution in [0.1, 0.15) is 0 Å². The molecule has 0 radical (unpaired) electrons. The third-order valence-electron chi connectivity index (χ3n) is 14.0. The average Bonchev–Trinajstić information content (AvgIpc) is 3.82. The first-order valence-corrected chi connectivity index (χ1v) is 24.9. The predicted octanol–water partition coefficient (Wildman–Crippen LogP) is 18.6. The molecule has 0 saturated heterocycles. The van der Waals surface area contributed by atoms with Gasteiger partial charge < -0.3 is 4.57 Å². The molecule has 0 fully saturated rings. The van der Waals surface area contributed by atoms with E-state index in [0.29, 0.717) is 5.82 Å². The van der Waals surface area contributed by atoms with Gasteiger partial charge in [-0.2, -0.15) is 0 Å². The summed E-state index contributed by atoms with van der Waals surface area (Å²) in [5, 5.41) is 2.50. The normalized spacial score (nSPS) is 11.3. The summed E-state index contributed by atoms with van der Waals surface area (Å²) < 4.78 is 2.37. The van der Waals surface area contributed by atoms with Gasteiger partial charge in [-0.1, -0.05) is 231 Å². The van der Waals surface area contributed by atoms with Crippen LogP contribution in [0.4, 0.5) is 0 Å². The first kappa shape index (κ1) is 43.3. The molecule has 0 saturated carbocycles. The third kappa shape index (κ3) is 8.60. The second-order valence-corrected chi connectivity index (χ2v) is 18.6. The molecule has 2 heterocycles. The molecule has 11 aromatic carbocycles. The maximum absolute atomic E-state index is 5.33. The fraction of sp³-hybridized carbons (Fsp3) is 0. The molecule has 13 aromatic rings. The van der Waals surface area contributed by atoms with E-state index in [2.05, 4.69) is 290 Å². The van der Waals surface area contributed by atoms with E-state index in [4.69, 9.17) is 9.97 Å². The SMILES string of the molecule is c1ccc(-c2cccc(-c3ccc(-c4nc(-c5ccc(-c6cccc(-c7cccc(-c8ccccc8)c7)c6)cc5)cc(-c5cccc(-c6cccc(-n7c8ccccc8c8ccccc87)c6)c5)n4)cc3)c2)cc1. The van der Waals surface area contributed by atoms with Crippen molar-refractivity contribution in [2.75, 3.05) is 0 Å². The number of fused-ring (bicyclic) bond motifs is 3. The van der Waals surface area contributed by atoms with Gasteiger partial charge in [0, 0.05) is 33.2 Å². The molecule has 0 aliphatic heterocycles. The summed E-state index contributed by atoms with van der Waals surface area (Å²) in [6, 6.07) is 102. The maximum Gasteiger partial charge on any atom is 0.160 e. The number of para-hydroxylation sites is 2. The molecule has 0 atom stereocenters. The summed E-state index contributed by atoms with van der Waals surface area (Å²) in [5.74, 6) is 0.672. The minimum Gasteiger partial charge on any atom is -0.309 e. The lowest BCUT2D eigenvalue weighted by atomic mass is 9.95. The number of aromatic nitrogens is 3. The Balaban J connectivity index is 0.865. The topological polar surface area (TPSA) is 30.7 Å². The summed E-state index contributed by atoms with van der Waals surface area (Å²) in [4.78, 5) is 10.6. The molecule has 73 heavy (non-hydrogen) atoms. The molecule has 0 aliphatic carbocycles. The van der Waals surface area contributed by atoms with Crippen LogP contribution in [0, 0.1) is 0 Å². The van der Waals surface area contributed by atoms with Crippen molar-refractivity contribution in [3.8, 4) is 106 Å². The van der Waals surface area contributed by atoms with Gasteiger partial charge in [0.15, 0.2) is 5.82 Å². The Morgan fingerprint density at radius 2 is 0.521 bits per heavy atom. The van der Waals surface area contributed by atoms with Crippen LogP contribution in [0.15, 0.2) is 285 Å². The summed E-state index contributed by atoms with van der Waals surface area (Å²) in [6.45, 7) is 0. The lowest BCUT2D eigenvalue weighted by Gasteiger charge is -2.13. The number of nitrogens with zero attached hydrogens (tertiary/aromatic N) is 3.